The van der Waals surface area contributed by atoms with E-state index in [4.69, 9.17) is 16.3 Å². The van der Waals surface area contributed by atoms with Gasteiger partial charge < -0.3 is 10.1 Å². The van der Waals surface area contributed by atoms with Gasteiger partial charge in [0, 0.05) is 11.1 Å². The van der Waals surface area contributed by atoms with Gasteiger partial charge in [0.15, 0.2) is 0 Å². The first kappa shape index (κ1) is 17.7. The van der Waals surface area contributed by atoms with Crippen LogP contribution in [-0.2, 0) is 10.2 Å². The van der Waals surface area contributed by atoms with Gasteiger partial charge in [-0.1, -0.05) is 43.0 Å². The van der Waals surface area contributed by atoms with Crippen molar-refractivity contribution in [1.29, 1.82) is 0 Å². The predicted octanol–water partition coefficient (Wildman–Crippen LogP) is 4.97. The number of anilines is 1. The maximum Gasteiger partial charge on any atom is 0.235 e. The lowest BCUT2D eigenvalue weighted by molar-refractivity contribution is -0.122. The first-order chi connectivity index (χ1) is 12.1. The van der Waals surface area contributed by atoms with Crippen molar-refractivity contribution in [1.82, 2.24) is 4.98 Å². The summed E-state index contributed by atoms with van der Waals surface area (Å²) >= 11 is 6.03. The lowest BCUT2D eigenvalue weighted by Crippen LogP contribution is -2.42. The second-order valence-corrected chi connectivity index (χ2v) is 6.86. The van der Waals surface area contributed by atoms with E-state index in [-0.39, 0.29) is 5.91 Å². The van der Waals surface area contributed by atoms with E-state index >= 15 is 0 Å². The van der Waals surface area contributed by atoms with E-state index in [0.29, 0.717) is 23.2 Å². The van der Waals surface area contributed by atoms with Crippen LogP contribution in [0.5, 0.6) is 5.88 Å². The molecule has 0 unspecified atom stereocenters. The van der Waals surface area contributed by atoms with Crippen molar-refractivity contribution in [3.05, 3.63) is 53.2 Å². The average molecular weight is 359 g/mol. The van der Waals surface area contributed by atoms with Crippen molar-refractivity contribution in [2.75, 3.05) is 11.9 Å². The van der Waals surface area contributed by atoms with Crippen molar-refractivity contribution in [3.63, 3.8) is 0 Å². The Bertz CT molecular complexity index is 707. The highest BCUT2D eigenvalue weighted by molar-refractivity contribution is 6.30. The number of carbonyl (C=O) groups is 1. The topological polar surface area (TPSA) is 51.2 Å². The second-order valence-electron chi connectivity index (χ2n) is 6.42. The molecule has 0 radical (unpaired) electrons. The number of nitrogens with one attached hydrogen (secondary N) is 1. The molecule has 1 saturated carbocycles. The summed E-state index contributed by atoms with van der Waals surface area (Å²) in [6, 6.07) is 11.3. The zero-order valence-electron chi connectivity index (χ0n) is 14.4. The molecule has 0 spiro atoms. The molecule has 0 aliphatic heterocycles. The van der Waals surface area contributed by atoms with Gasteiger partial charge in [0.25, 0.3) is 0 Å². The molecule has 1 aliphatic carbocycles. The van der Waals surface area contributed by atoms with E-state index in [1.165, 1.54) is 6.42 Å². The summed E-state index contributed by atoms with van der Waals surface area (Å²) in [5.74, 6) is 0.589. The third kappa shape index (κ3) is 3.96. The van der Waals surface area contributed by atoms with Gasteiger partial charge in [0.2, 0.25) is 11.8 Å². The summed E-state index contributed by atoms with van der Waals surface area (Å²) in [7, 11) is 0. The minimum atomic E-state index is -0.499. The van der Waals surface area contributed by atoms with E-state index in [2.05, 4.69) is 10.3 Å². The van der Waals surface area contributed by atoms with Gasteiger partial charge in [-0.3, -0.25) is 4.79 Å². The smallest absolute Gasteiger partial charge is 0.235 e. The van der Waals surface area contributed by atoms with Gasteiger partial charge in [-0.15, -0.1) is 0 Å². The summed E-state index contributed by atoms with van der Waals surface area (Å²) in [5, 5.41) is 3.73. The van der Waals surface area contributed by atoms with Crippen LogP contribution in [0.2, 0.25) is 5.02 Å². The Morgan fingerprint density at radius 2 is 1.88 bits per heavy atom. The molecule has 1 aromatic carbocycles. The normalized spacial score (nSPS) is 16.2. The molecule has 1 fully saturated rings. The summed E-state index contributed by atoms with van der Waals surface area (Å²) in [6.07, 6.45) is 6.62. The third-order valence-corrected chi connectivity index (χ3v) is 5.08. The lowest BCUT2D eigenvalue weighted by Gasteiger charge is -2.36. The van der Waals surface area contributed by atoms with Crippen molar-refractivity contribution in [2.24, 2.45) is 0 Å². The van der Waals surface area contributed by atoms with Crippen LogP contribution in [0.4, 0.5) is 5.69 Å². The quantitative estimate of drug-likeness (QED) is 0.820. The van der Waals surface area contributed by atoms with Crippen LogP contribution in [0.25, 0.3) is 0 Å². The van der Waals surface area contributed by atoms with Crippen LogP contribution >= 0.6 is 11.6 Å². The standard InChI is InChI=1S/C20H23ClN2O2/c1-2-25-18-11-10-17(14-22-18)23-19(24)20(12-4-3-5-13-20)15-6-8-16(21)9-7-15/h6-11,14H,2-5,12-13H2,1H3,(H,23,24). The van der Waals surface area contributed by atoms with Crippen LogP contribution in [0.1, 0.15) is 44.6 Å². The fraction of sp³-hybridized carbons (Fsp3) is 0.400. The van der Waals surface area contributed by atoms with Crippen molar-refractivity contribution in [3.8, 4) is 5.88 Å². The number of hydrogen-bond acceptors (Lipinski definition) is 3. The van der Waals surface area contributed by atoms with E-state index in [1.807, 2.05) is 37.3 Å². The van der Waals surface area contributed by atoms with Crippen molar-refractivity contribution >= 4 is 23.2 Å². The highest BCUT2D eigenvalue weighted by atomic mass is 35.5. The van der Waals surface area contributed by atoms with Gasteiger partial charge in [-0.2, -0.15) is 0 Å². The van der Waals surface area contributed by atoms with Crippen LogP contribution in [0.15, 0.2) is 42.6 Å². The van der Waals surface area contributed by atoms with Crippen LogP contribution in [0.3, 0.4) is 0 Å². The van der Waals surface area contributed by atoms with Crippen molar-refractivity contribution in [2.45, 2.75) is 44.4 Å². The number of aromatic nitrogens is 1. The molecule has 3 rings (SSSR count). The number of ether oxygens (including phenoxy) is 1. The van der Waals surface area contributed by atoms with Gasteiger partial charge in [0.05, 0.1) is 23.9 Å². The molecule has 1 N–H and O–H groups in total. The molecular weight excluding hydrogens is 336 g/mol. The Morgan fingerprint density at radius 3 is 2.48 bits per heavy atom. The minimum Gasteiger partial charge on any atom is -0.478 e. The molecule has 5 heteroatoms. The first-order valence-corrected chi connectivity index (χ1v) is 9.18. The Labute approximate surface area is 153 Å². The van der Waals surface area contributed by atoms with Gasteiger partial charge in [0.1, 0.15) is 0 Å². The molecule has 0 atom stereocenters. The number of amides is 1. The number of pyridine rings is 1. The molecule has 0 bridgehead atoms. The van der Waals surface area contributed by atoms with Crippen LogP contribution in [-0.4, -0.2) is 17.5 Å². The second kappa shape index (κ2) is 7.87. The molecule has 1 aliphatic rings. The SMILES string of the molecule is CCOc1ccc(NC(=O)C2(c3ccc(Cl)cc3)CCCCC2)cn1. The average Bonchev–Trinajstić information content (AvgIpc) is 2.64. The molecule has 1 amide bonds. The monoisotopic (exact) mass is 358 g/mol. The molecule has 0 saturated heterocycles. The number of carbonyl (C=O) groups excluding carboxylic acids is 1. The van der Waals surface area contributed by atoms with E-state index in [1.54, 1.807) is 12.3 Å². The van der Waals surface area contributed by atoms with Gasteiger partial charge >= 0.3 is 0 Å². The van der Waals surface area contributed by atoms with E-state index < -0.39 is 5.41 Å². The highest BCUT2D eigenvalue weighted by Crippen LogP contribution is 2.40. The first-order valence-electron chi connectivity index (χ1n) is 8.80. The van der Waals surface area contributed by atoms with Crippen LogP contribution < -0.4 is 10.1 Å². The number of nitrogens with zero attached hydrogens (tertiary/aromatic N) is 1. The lowest BCUT2D eigenvalue weighted by atomic mass is 9.68. The van der Waals surface area contributed by atoms with Gasteiger partial charge in [-0.25, -0.2) is 4.98 Å². The Hall–Kier alpha value is -2.07. The zero-order chi connectivity index (χ0) is 17.7. The molecule has 132 valence electrons. The number of hydrogen-bond donors (Lipinski definition) is 1. The summed E-state index contributed by atoms with van der Waals surface area (Å²) < 4.78 is 5.35. The maximum atomic E-state index is 13.2. The highest BCUT2D eigenvalue weighted by Gasteiger charge is 2.41. The number of benzene rings is 1. The molecule has 25 heavy (non-hydrogen) atoms. The van der Waals surface area contributed by atoms with E-state index in [0.717, 1.165) is 31.2 Å². The Balaban J connectivity index is 1.83. The van der Waals surface area contributed by atoms with Crippen LogP contribution in [0, 0.1) is 0 Å². The van der Waals surface area contributed by atoms with Gasteiger partial charge in [-0.05, 0) is 43.5 Å². The van der Waals surface area contributed by atoms with Crippen molar-refractivity contribution < 1.29 is 9.53 Å². The summed E-state index contributed by atoms with van der Waals surface area (Å²) in [6.45, 7) is 2.48. The maximum absolute atomic E-state index is 13.2. The third-order valence-electron chi connectivity index (χ3n) is 4.82. The molecule has 2 aromatic rings. The number of rotatable bonds is 5. The molecular formula is C20H23ClN2O2. The Kier molecular flexibility index (Phi) is 5.59. The summed E-state index contributed by atoms with van der Waals surface area (Å²) in [4.78, 5) is 17.4. The number of halogens is 1. The fourth-order valence-electron chi connectivity index (χ4n) is 3.51. The zero-order valence-corrected chi connectivity index (χ0v) is 15.2. The molecule has 4 nitrogen and oxygen atoms in total. The minimum absolute atomic E-state index is 0.0282. The largest absolute Gasteiger partial charge is 0.478 e. The van der Waals surface area contributed by atoms with E-state index in [9.17, 15) is 4.79 Å². The molecule has 1 heterocycles. The summed E-state index contributed by atoms with van der Waals surface area (Å²) in [5.41, 5.74) is 1.22. The predicted molar refractivity (Wildman–Crippen MR) is 100 cm³/mol. The Morgan fingerprint density at radius 1 is 1.16 bits per heavy atom. The molecule has 1 aromatic heterocycles. The fourth-order valence-corrected chi connectivity index (χ4v) is 3.64.